The molecule has 0 aliphatic rings. The first-order valence-electron chi connectivity index (χ1n) is 8.35. The van der Waals surface area contributed by atoms with E-state index in [2.05, 4.69) is 36.8 Å². The van der Waals surface area contributed by atoms with E-state index in [4.69, 9.17) is 4.42 Å². The van der Waals surface area contributed by atoms with E-state index in [9.17, 15) is 9.59 Å². The highest BCUT2D eigenvalue weighted by molar-refractivity contribution is 9.10. The van der Waals surface area contributed by atoms with Crippen LogP contribution in [0, 0.1) is 13.8 Å². The summed E-state index contributed by atoms with van der Waals surface area (Å²) < 4.78 is 6.17. The molecule has 3 aromatic rings. The van der Waals surface area contributed by atoms with Gasteiger partial charge in [0.25, 0.3) is 11.8 Å². The Balaban J connectivity index is 1.76. The summed E-state index contributed by atoms with van der Waals surface area (Å²) in [6, 6.07) is 10.1. The number of benzene rings is 1. The van der Waals surface area contributed by atoms with Gasteiger partial charge in [-0.2, -0.15) is 5.10 Å². The summed E-state index contributed by atoms with van der Waals surface area (Å²) in [5.74, 6) is 0.489. The first-order valence-corrected chi connectivity index (χ1v) is 9.14. The van der Waals surface area contributed by atoms with Crippen LogP contribution in [0.3, 0.4) is 0 Å². The predicted molar refractivity (Wildman–Crippen MR) is 110 cm³/mol. The Bertz CT molecular complexity index is 1030. The maximum absolute atomic E-state index is 12.6. The molecule has 0 saturated carbocycles. The van der Waals surface area contributed by atoms with Crippen molar-refractivity contribution in [2.45, 2.75) is 13.8 Å². The lowest BCUT2D eigenvalue weighted by molar-refractivity contribution is 0.0956. The molecule has 0 aliphatic carbocycles. The second-order valence-electron chi connectivity index (χ2n) is 5.97. The largest absolute Gasteiger partial charge is 0.460 e. The average Bonchev–Trinajstić information content (AvgIpc) is 3.01. The van der Waals surface area contributed by atoms with E-state index in [0.29, 0.717) is 21.5 Å². The molecule has 0 radical (unpaired) electrons. The molecule has 0 bridgehead atoms. The summed E-state index contributed by atoms with van der Waals surface area (Å²) in [6.45, 7) is 3.78. The van der Waals surface area contributed by atoms with Crippen molar-refractivity contribution in [2.75, 3.05) is 5.32 Å². The SMILES string of the molecule is Cc1cc(C=NNC(=O)c2cc(Br)ccc2NC(=O)c2cccnc2)oc1C. The molecule has 2 aromatic heterocycles. The highest BCUT2D eigenvalue weighted by Crippen LogP contribution is 2.22. The van der Waals surface area contributed by atoms with E-state index in [-0.39, 0.29) is 11.5 Å². The monoisotopic (exact) mass is 440 g/mol. The van der Waals surface area contributed by atoms with E-state index in [0.717, 1.165) is 11.3 Å². The highest BCUT2D eigenvalue weighted by atomic mass is 79.9. The zero-order chi connectivity index (χ0) is 20.1. The van der Waals surface area contributed by atoms with Crippen molar-refractivity contribution in [3.05, 3.63) is 81.5 Å². The molecule has 0 spiro atoms. The van der Waals surface area contributed by atoms with E-state index in [1.54, 1.807) is 36.5 Å². The fourth-order valence-corrected chi connectivity index (χ4v) is 2.75. The number of furan rings is 1. The molecule has 2 N–H and O–H groups in total. The number of aryl methyl sites for hydroxylation is 2. The summed E-state index contributed by atoms with van der Waals surface area (Å²) in [5, 5.41) is 6.65. The molecule has 1 aromatic carbocycles. The van der Waals surface area contributed by atoms with Gasteiger partial charge in [0.1, 0.15) is 11.5 Å². The van der Waals surface area contributed by atoms with Crippen LogP contribution in [0.25, 0.3) is 0 Å². The first kappa shape index (κ1) is 19.5. The number of aromatic nitrogens is 1. The van der Waals surface area contributed by atoms with Gasteiger partial charge in [-0.05, 0) is 55.8 Å². The number of nitrogens with zero attached hydrogens (tertiary/aromatic N) is 2. The summed E-state index contributed by atoms with van der Waals surface area (Å²) in [7, 11) is 0. The van der Waals surface area contributed by atoms with Crippen molar-refractivity contribution >= 4 is 39.6 Å². The molecule has 8 heteroatoms. The summed E-state index contributed by atoms with van der Waals surface area (Å²) in [5.41, 5.74) is 4.45. The normalized spacial score (nSPS) is 10.8. The van der Waals surface area contributed by atoms with Crippen molar-refractivity contribution in [3.8, 4) is 0 Å². The summed E-state index contributed by atoms with van der Waals surface area (Å²) in [6.07, 6.45) is 4.45. The maximum atomic E-state index is 12.6. The van der Waals surface area contributed by atoms with Crippen LogP contribution < -0.4 is 10.7 Å². The predicted octanol–water partition coefficient (Wildman–Crippen LogP) is 4.07. The fraction of sp³-hybridized carbons (Fsp3) is 0.100. The molecular formula is C20H17BrN4O3. The van der Waals surface area contributed by atoms with Crippen LogP contribution in [-0.2, 0) is 0 Å². The van der Waals surface area contributed by atoms with Gasteiger partial charge in [-0.3, -0.25) is 14.6 Å². The molecule has 2 heterocycles. The minimum atomic E-state index is -0.473. The molecule has 2 amide bonds. The topological polar surface area (TPSA) is 96.6 Å². The first-order chi connectivity index (χ1) is 13.4. The van der Waals surface area contributed by atoms with Gasteiger partial charge < -0.3 is 9.73 Å². The quantitative estimate of drug-likeness (QED) is 0.461. The standard InChI is InChI=1S/C20H17BrN4O3/c1-12-8-16(28-13(12)2)11-23-25-20(27)17-9-15(21)5-6-18(17)24-19(26)14-4-3-7-22-10-14/h3-11H,1-2H3,(H,24,26)(H,25,27). The number of nitrogens with one attached hydrogen (secondary N) is 2. The fourth-order valence-electron chi connectivity index (χ4n) is 2.39. The van der Waals surface area contributed by atoms with Crippen LogP contribution in [0.15, 0.2) is 62.8 Å². The van der Waals surface area contributed by atoms with Gasteiger partial charge in [0.2, 0.25) is 0 Å². The summed E-state index contributed by atoms with van der Waals surface area (Å²) in [4.78, 5) is 28.8. The van der Waals surface area contributed by atoms with Crippen molar-refractivity contribution in [3.63, 3.8) is 0 Å². The Morgan fingerprint density at radius 2 is 2.00 bits per heavy atom. The van der Waals surface area contributed by atoms with E-state index in [1.165, 1.54) is 12.4 Å². The number of pyridine rings is 1. The maximum Gasteiger partial charge on any atom is 0.273 e. The van der Waals surface area contributed by atoms with E-state index < -0.39 is 5.91 Å². The van der Waals surface area contributed by atoms with Gasteiger partial charge in [0.15, 0.2) is 0 Å². The number of carbonyl (C=O) groups excluding carboxylic acids is 2. The molecule has 142 valence electrons. The highest BCUT2D eigenvalue weighted by Gasteiger charge is 2.15. The molecule has 0 fully saturated rings. The van der Waals surface area contributed by atoms with Gasteiger partial charge in [-0.1, -0.05) is 15.9 Å². The smallest absolute Gasteiger partial charge is 0.273 e. The van der Waals surface area contributed by atoms with Crippen LogP contribution in [0.2, 0.25) is 0 Å². The number of hydrazone groups is 1. The number of hydrogen-bond donors (Lipinski definition) is 2. The second kappa shape index (κ2) is 8.62. The van der Waals surface area contributed by atoms with Crippen LogP contribution in [0.1, 0.15) is 37.8 Å². The van der Waals surface area contributed by atoms with Gasteiger partial charge in [-0.25, -0.2) is 5.43 Å². The number of carbonyl (C=O) groups is 2. The molecule has 3 rings (SSSR count). The van der Waals surface area contributed by atoms with Crippen LogP contribution in [0.5, 0.6) is 0 Å². The zero-order valence-corrected chi connectivity index (χ0v) is 16.8. The van der Waals surface area contributed by atoms with Crippen LogP contribution in [-0.4, -0.2) is 23.0 Å². The molecule has 0 aliphatic heterocycles. The van der Waals surface area contributed by atoms with Crippen molar-refractivity contribution in [1.82, 2.24) is 10.4 Å². The molecular weight excluding hydrogens is 424 g/mol. The van der Waals surface area contributed by atoms with Crippen LogP contribution in [0.4, 0.5) is 5.69 Å². The zero-order valence-electron chi connectivity index (χ0n) is 15.2. The third kappa shape index (κ3) is 4.72. The third-order valence-corrected chi connectivity index (χ3v) is 4.43. The molecule has 0 unspecified atom stereocenters. The van der Waals surface area contributed by atoms with Gasteiger partial charge >= 0.3 is 0 Å². The Morgan fingerprint density at radius 1 is 1.18 bits per heavy atom. The van der Waals surface area contributed by atoms with Crippen molar-refractivity contribution in [2.24, 2.45) is 5.10 Å². The lowest BCUT2D eigenvalue weighted by atomic mass is 10.1. The molecule has 7 nitrogen and oxygen atoms in total. The molecule has 0 atom stereocenters. The van der Waals surface area contributed by atoms with E-state index >= 15 is 0 Å². The third-order valence-electron chi connectivity index (χ3n) is 3.94. The number of amides is 2. The molecule has 28 heavy (non-hydrogen) atoms. The lowest BCUT2D eigenvalue weighted by Crippen LogP contribution is -2.21. The van der Waals surface area contributed by atoms with E-state index in [1.807, 2.05) is 19.9 Å². The number of rotatable bonds is 5. The second-order valence-corrected chi connectivity index (χ2v) is 6.89. The lowest BCUT2D eigenvalue weighted by Gasteiger charge is -2.10. The average molecular weight is 441 g/mol. The Labute approximate surface area is 170 Å². The number of anilines is 1. The number of halogens is 1. The Morgan fingerprint density at radius 3 is 2.68 bits per heavy atom. The van der Waals surface area contributed by atoms with Gasteiger partial charge in [0.05, 0.1) is 23.0 Å². The van der Waals surface area contributed by atoms with Gasteiger partial charge in [0, 0.05) is 16.9 Å². The van der Waals surface area contributed by atoms with Crippen molar-refractivity contribution < 1.29 is 14.0 Å². The molecule has 0 saturated heterocycles. The Kier molecular flexibility index (Phi) is 6.00. The Hall–Kier alpha value is -3.26. The van der Waals surface area contributed by atoms with Crippen LogP contribution >= 0.6 is 15.9 Å². The minimum Gasteiger partial charge on any atom is -0.460 e. The number of hydrogen-bond acceptors (Lipinski definition) is 5. The van der Waals surface area contributed by atoms with Gasteiger partial charge in [-0.15, -0.1) is 0 Å². The minimum absolute atomic E-state index is 0.260. The van der Waals surface area contributed by atoms with Crippen molar-refractivity contribution in [1.29, 1.82) is 0 Å². The summed E-state index contributed by atoms with van der Waals surface area (Å²) >= 11 is 3.34.